The van der Waals surface area contributed by atoms with Gasteiger partial charge in [-0.15, -0.1) is 0 Å². The molecule has 59 valence electrons. The first kappa shape index (κ1) is 8.08. The summed E-state index contributed by atoms with van der Waals surface area (Å²) in [4.78, 5) is 1.97. The van der Waals surface area contributed by atoms with Crippen LogP contribution in [-0.4, -0.2) is 25.7 Å². The van der Waals surface area contributed by atoms with Gasteiger partial charge in [-0.1, -0.05) is 12.1 Å². The smallest absolute Gasteiger partial charge is 0.141 e. The van der Waals surface area contributed by atoms with Gasteiger partial charge in [-0.3, -0.25) is 4.90 Å². The van der Waals surface area contributed by atoms with E-state index in [1.807, 2.05) is 43.3 Å². The molecule has 0 aliphatic heterocycles. The van der Waals surface area contributed by atoms with Gasteiger partial charge in [0, 0.05) is 0 Å². The van der Waals surface area contributed by atoms with Gasteiger partial charge in [-0.05, 0) is 32.3 Å². The monoisotopic (exact) mass is 150 g/mol. The van der Waals surface area contributed by atoms with E-state index in [1.165, 1.54) is 0 Å². The zero-order valence-electron chi connectivity index (χ0n) is 6.87. The van der Waals surface area contributed by atoms with Gasteiger partial charge in [0.05, 0.1) is 0 Å². The molecular weight excluding hydrogens is 138 g/mol. The molecule has 1 aromatic rings. The summed E-state index contributed by atoms with van der Waals surface area (Å²) in [5.41, 5.74) is 0. The van der Waals surface area contributed by atoms with E-state index in [9.17, 15) is 0 Å². The van der Waals surface area contributed by atoms with Crippen molar-refractivity contribution in [2.75, 3.05) is 20.8 Å². The van der Waals surface area contributed by atoms with Crippen LogP contribution in [0.5, 0.6) is 5.75 Å². The Kier molecular flexibility index (Phi) is 2.93. The molecule has 0 aliphatic rings. The van der Waals surface area contributed by atoms with Crippen molar-refractivity contribution in [1.82, 2.24) is 4.90 Å². The van der Waals surface area contributed by atoms with E-state index in [0.717, 1.165) is 5.75 Å². The lowest BCUT2D eigenvalue weighted by Crippen LogP contribution is -2.18. The maximum atomic E-state index is 5.37. The summed E-state index contributed by atoms with van der Waals surface area (Å²) in [6.07, 6.45) is 0. The summed E-state index contributed by atoms with van der Waals surface area (Å²) in [5, 5.41) is 0. The third kappa shape index (κ3) is 3.05. The lowest BCUT2D eigenvalue weighted by molar-refractivity contribution is 0.179. The van der Waals surface area contributed by atoms with Crippen molar-refractivity contribution >= 4 is 0 Å². The molecule has 1 aromatic carbocycles. The fourth-order valence-electron chi connectivity index (χ4n) is 0.671. The Morgan fingerprint density at radius 3 is 2.55 bits per heavy atom. The van der Waals surface area contributed by atoms with Gasteiger partial charge in [0.15, 0.2) is 0 Å². The first-order valence-electron chi connectivity index (χ1n) is 3.52. The number of rotatable bonds is 3. The summed E-state index contributed by atoms with van der Waals surface area (Å²) in [5.74, 6) is 0.887. The minimum Gasteiger partial charge on any atom is -0.478 e. The Hall–Kier alpha value is -1.02. The van der Waals surface area contributed by atoms with Gasteiger partial charge in [0.2, 0.25) is 0 Å². The van der Waals surface area contributed by atoms with Crippen molar-refractivity contribution in [1.29, 1.82) is 0 Å². The lowest BCUT2D eigenvalue weighted by atomic mass is 10.3. The third-order valence-electron chi connectivity index (χ3n) is 1.18. The predicted molar refractivity (Wildman–Crippen MR) is 44.5 cm³/mol. The van der Waals surface area contributed by atoms with E-state index in [2.05, 4.69) is 6.07 Å². The highest BCUT2D eigenvalue weighted by molar-refractivity contribution is 5.19. The first-order valence-corrected chi connectivity index (χ1v) is 3.52. The summed E-state index contributed by atoms with van der Waals surface area (Å²) in [7, 11) is 3.93. The normalized spacial score (nSPS) is 10.1. The largest absolute Gasteiger partial charge is 0.478 e. The van der Waals surface area contributed by atoms with E-state index in [-0.39, 0.29) is 0 Å². The Labute approximate surface area is 67.4 Å². The van der Waals surface area contributed by atoms with E-state index < -0.39 is 0 Å². The van der Waals surface area contributed by atoms with E-state index in [0.29, 0.717) is 6.73 Å². The van der Waals surface area contributed by atoms with Crippen molar-refractivity contribution in [3.05, 3.63) is 30.3 Å². The lowest BCUT2D eigenvalue weighted by Gasteiger charge is -2.10. The van der Waals surface area contributed by atoms with Gasteiger partial charge >= 0.3 is 0 Å². The van der Waals surface area contributed by atoms with Gasteiger partial charge in [0.25, 0.3) is 0 Å². The number of benzene rings is 1. The Morgan fingerprint density at radius 2 is 2.00 bits per heavy atom. The minimum absolute atomic E-state index is 0.615. The quantitative estimate of drug-likeness (QED) is 0.604. The van der Waals surface area contributed by atoms with Gasteiger partial charge < -0.3 is 4.74 Å². The maximum Gasteiger partial charge on any atom is 0.141 e. The summed E-state index contributed by atoms with van der Waals surface area (Å²) < 4.78 is 5.37. The fraction of sp³-hybridized carbons (Fsp3) is 0.333. The molecule has 0 saturated carbocycles. The van der Waals surface area contributed by atoms with Crippen LogP contribution in [0.25, 0.3) is 0 Å². The number of hydrogen-bond acceptors (Lipinski definition) is 2. The molecule has 0 aromatic heterocycles. The van der Waals surface area contributed by atoms with Crippen LogP contribution in [0.4, 0.5) is 0 Å². The van der Waals surface area contributed by atoms with E-state index in [1.54, 1.807) is 0 Å². The molecule has 11 heavy (non-hydrogen) atoms. The highest BCUT2D eigenvalue weighted by atomic mass is 16.5. The second-order valence-electron chi connectivity index (χ2n) is 2.59. The second kappa shape index (κ2) is 3.98. The molecule has 0 heterocycles. The van der Waals surface area contributed by atoms with E-state index in [4.69, 9.17) is 4.74 Å². The molecule has 0 saturated heterocycles. The van der Waals surface area contributed by atoms with Crippen molar-refractivity contribution in [3.8, 4) is 5.75 Å². The predicted octanol–water partition coefficient (Wildman–Crippen LogP) is 1.38. The van der Waals surface area contributed by atoms with Crippen LogP contribution in [0.1, 0.15) is 0 Å². The van der Waals surface area contributed by atoms with Gasteiger partial charge in [-0.25, -0.2) is 0 Å². The van der Waals surface area contributed by atoms with Crippen molar-refractivity contribution < 1.29 is 4.74 Å². The SMILES string of the molecule is CN(C)COc1cc[c]cc1. The Balaban J connectivity index is 2.39. The zero-order chi connectivity index (χ0) is 8.10. The van der Waals surface area contributed by atoms with Crippen LogP contribution in [0, 0.1) is 6.07 Å². The van der Waals surface area contributed by atoms with Crippen LogP contribution in [0.2, 0.25) is 0 Å². The van der Waals surface area contributed by atoms with Crippen LogP contribution in [0.15, 0.2) is 24.3 Å². The van der Waals surface area contributed by atoms with Crippen molar-refractivity contribution in [2.24, 2.45) is 0 Å². The molecular formula is C9H12NO. The van der Waals surface area contributed by atoms with Crippen LogP contribution < -0.4 is 4.74 Å². The average Bonchev–Trinajstić information content (AvgIpc) is 2.03. The Morgan fingerprint density at radius 1 is 1.36 bits per heavy atom. The molecule has 1 radical (unpaired) electrons. The molecule has 0 amide bonds. The molecule has 1 rings (SSSR count). The minimum atomic E-state index is 0.615. The number of ether oxygens (including phenoxy) is 1. The summed E-state index contributed by atoms with van der Waals surface area (Å²) in [6, 6.07) is 10.4. The molecule has 0 N–H and O–H groups in total. The first-order chi connectivity index (χ1) is 5.29. The standard InChI is InChI=1S/C9H12NO/c1-10(2)8-11-9-6-4-3-5-7-9/h4-7H,8H2,1-2H3. The Bertz CT molecular complexity index is 196. The van der Waals surface area contributed by atoms with Gasteiger partial charge in [0.1, 0.15) is 12.5 Å². The van der Waals surface area contributed by atoms with Crippen LogP contribution in [-0.2, 0) is 0 Å². The molecule has 0 spiro atoms. The number of nitrogens with zero attached hydrogens (tertiary/aromatic N) is 1. The maximum absolute atomic E-state index is 5.37. The van der Waals surface area contributed by atoms with Crippen LogP contribution in [0.3, 0.4) is 0 Å². The average molecular weight is 150 g/mol. The van der Waals surface area contributed by atoms with Crippen LogP contribution >= 0.6 is 0 Å². The summed E-state index contributed by atoms with van der Waals surface area (Å²) in [6.45, 7) is 0.615. The van der Waals surface area contributed by atoms with Crippen molar-refractivity contribution in [2.45, 2.75) is 0 Å². The topological polar surface area (TPSA) is 12.5 Å². The number of hydrogen-bond donors (Lipinski definition) is 0. The zero-order valence-corrected chi connectivity index (χ0v) is 6.87. The van der Waals surface area contributed by atoms with Gasteiger partial charge in [-0.2, -0.15) is 0 Å². The second-order valence-corrected chi connectivity index (χ2v) is 2.59. The third-order valence-corrected chi connectivity index (χ3v) is 1.18. The molecule has 2 nitrogen and oxygen atoms in total. The summed E-state index contributed by atoms with van der Waals surface area (Å²) >= 11 is 0. The molecule has 0 fully saturated rings. The van der Waals surface area contributed by atoms with E-state index >= 15 is 0 Å². The molecule has 2 heteroatoms. The molecule has 0 atom stereocenters. The molecule has 0 unspecified atom stereocenters. The fourth-order valence-corrected chi connectivity index (χ4v) is 0.671. The van der Waals surface area contributed by atoms with Crippen molar-refractivity contribution in [3.63, 3.8) is 0 Å². The highest BCUT2D eigenvalue weighted by Crippen LogP contribution is 2.07. The highest BCUT2D eigenvalue weighted by Gasteiger charge is 1.90. The molecule has 0 bridgehead atoms. The molecule has 0 aliphatic carbocycles.